The summed E-state index contributed by atoms with van der Waals surface area (Å²) in [4.78, 5) is 0. The molecule has 1 atom stereocenters. The first-order valence-electron chi connectivity index (χ1n) is 6.33. The molecular formula is C14H24N2O3. The third-order valence-corrected chi connectivity index (χ3v) is 2.86. The first-order valence-corrected chi connectivity index (χ1v) is 6.33. The van der Waals surface area contributed by atoms with E-state index in [0.717, 1.165) is 5.56 Å². The second-order valence-electron chi connectivity index (χ2n) is 4.57. The Morgan fingerprint density at radius 2 is 1.58 bits per heavy atom. The Hall–Kier alpha value is -1.46. The molecule has 0 amide bonds. The van der Waals surface area contributed by atoms with E-state index in [4.69, 9.17) is 19.9 Å². The van der Waals surface area contributed by atoms with Crippen LogP contribution < -0.4 is 25.3 Å². The van der Waals surface area contributed by atoms with Crippen molar-refractivity contribution in [3.63, 3.8) is 0 Å². The topological polar surface area (TPSA) is 65.7 Å². The van der Waals surface area contributed by atoms with E-state index in [9.17, 15) is 0 Å². The smallest absolute Gasteiger partial charge is 0.203 e. The van der Waals surface area contributed by atoms with Gasteiger partial charge in [0.25, 0.3) is 0 Å². The lowest BCUT2D eigenvalue weighted by molar-refractivity contribution is 0.322. The first-order chi connectivity index (χ1) is 9.07. The van der Waals surface area contributed by atoms with Gasteiger partial charge in [-0.15, -0.1) is 0 Å². The molecule has 1 rings (SSSR count). The van der Waals surface area contributed by atoms with Crippen molar-refractivity contribution in [3.05, 3.63) is 17.7 Å². The summed E-state index contributed by atoms with van der Waals surface area (Å²) in [7, 11) is 4.80. The molecule has 0 bridgehead atoms. The Bertz CT molecular complexity index is 383. The van der Waals surface area contributed by atoms with Gasteiger partial charge in [0.1, 0.15) is 0 Å². The predicted molar refractivity (Wildman–Crippen MR) is 76.2 cm³/mol. The molecule has 1 aromatic rings. The maximum atomic E-state index is 5.83. The second-order valence-corrected chi connectivity index (χ2v) is 4.57. The van der Waals surface area contributed by atoms with Crippen molar-refractivity contribution >= 4 is 0 Å². The van der Waals surface area contributed by atoms with Crippen LogP contribution in [0.2, 0.25) is 0 Å². The number of hydrogen-bond acceptors (Lipinski definition) is 5. The van der Waals surface area contributed by atoms with E-state index < -0.39 is 0 Å². The van der Waals surface area contributed by atoms with Crippen LogP contribution in [0.1, 0.15) is 25.5 Å². The third-order valence-electron chi connectivity index (χ3n) is 2.86. The minimum absolute atomic E-state index is 0.0497. The predicted octanol–water partition coefficient (Wildman–Crippen LogP) is 1.71. The molecule has 0 saturated heterocycles. The molecule has 0 spiro atoms. The van der Waals surface area contributed by atoms with Crippen molar-refractivity contribution in [3.8, 4) is 17.2 Å². The zero-order chi connectivity index (χ0) is 14.4. The molecule has 0 heterocycles. The summed E-state index contributed by atoms with van der Waals surface area (Å²) in [5.41, 5.74) is 6.85. The Morgan fingerprint density at radius 3 is 1.89 bits per heavy atom. The van der Waals surface area contributed by atoms with Crippen LogP contribution >= 0.6 is 0 Å². The number of nitrogens with two attached hydrogens (primary N) is 1. The maximum absolute atomic E-state index is 5.83. The van der Waals surface area contributed by atoms with Crippen molar-refractivity contribution in [1.82, 2.24) is 5.32 Å². The quantitative estimate of drug-likeness (QED) is 0.788. The largest absolute Gasteiger partial charge is 0.493 e. The van der Waals surface area contributed by atoms with Gasteiger partial charge in [-0.25, -0.2) is 0 Å². The SMILES string of the molecule is COc1cc(C(CN)NC(C)C)cc(OC)c1OC. The molecule has 0 aliphatic rings. The van der Waals surface area contributed by atoms with Crippen molar-refractivity contribution < 1.29 is 14.2 Å². The van der Waals surface area contributed by atoms with E-state index in [2.05, 4.69) is 19.2 Å². The Labute approximate surface area is 115 Å². The lowest BCUT2D eigenvalue weighted by Gasteiger charge is -2.22. The van der Waals surface area contributed by atoms with Gasteiger partial charge in [-0.05, 0) is 17.7 Å². The molecule has 0 saturated carbocycles. The fourth-order valence-electron chi connectivity index (χ4n) is 2.01. The second kappa shape index (κ2) is 7.21. The van der Waals surface area contributed by atoms with Crippen LogP contribution in [-0.4, -0.2) is 33.9 Å². The van der Waals surface area contributed by atoms with Gasteiger partial charge in [0, 0.05) is 18.6 Å². The minimum atomic E-state index is 0.0497. The molecule has 1 aromatic carbocycles. The highest BCUT2D eigenvalue weighted by Gasteiger charge is 2.18. The summed E-state index contributed by atoms with van der Waals surface area (Å²) in [6, 6.07) is 4.24. The average Bonchev–Trinajstić information content (AvgIpc) is 2.42. The summed E-state index contributed by atoms with van der Waals surface area (Å²) in [6.07, 6.45) is 0. The van der Waals surface area contributed by atoms with Gasteiger partial charge < -0.3 is 25.3 Å². The van der Waals surface area contributed by atoms with Gasteiger partial charge in [-0.1, -0.05) is 13.8 Å². The van der Waals surface area contributed by atoms with Crippen LogP contribution in [-0.2, 0) is 0 Å². The van der Waals surface area contributed by atoms with Gasteiger partial charge in [-0.3, -0.25) is 0 Å². The molecule has 0 aliphatic heterocycles. The highest BCUT2D eigenvalue weighted by atomic mass is 16.5. The van der Waals surface area contributed by atoms with Gasteiger partial charge in [0.2, 0.25) is 5.75 Å². The van der Waals surface area contributed by atoms with Crippen molar-refractivity contribution in [2.24, 2.45) is 5.73 Å². The number of methoxy groups -OCH3 is 3. The lowest BCUT2D eigenvalue weighted by Crippen LogP contribution is -2.33. The fourth-order valence-corrected chi connectivity index (χ4v) is 2.01. The zero-order valence-electron chi connectivity index (χ0n) is 12.3. The van der Waals surface area contributed by atoms with Gasteiger partial charge >= 0.3 is 0 Å². The average molecular weight is 268 g/mol. The minimum Gasteiger partial charge on any atom is -0.493 e. The summed E-state index contributed by atoms with van der Waals surface area (Å²) in [5, 5.41) is 3.41. The van der Waals surface area contributed by atoms with E-state index in [1.165, 1.54) is 0 Å². The fraction of sp³-hybridized carbons (Fsp3) is 0.571. The maximum Gasteiger partial charge on any atom is 0.203 e. The molecule has 0 radical (unpaired) electrons. The molecule has 0 fully saturated rings. The molecule has 5 heteroatoms. The lowest BCUT2D eigenvalue weighted by atomic mass is 10.0. The summed E-state index contributed by atoms with van der Waals surface area (Å²) in [5.74, 6) is 1.87. The highest BCUT2D eigenvalue weighted by molar-refractivity contribution is 5.54. The molecule has 3 N–H and O–H groups in total. The van der Waals surface area contributed by atoms with Crippen LogP contribution in [0.15, 0.2) is 12.1 Å². The molecule has 5 nitrogen and oxygen atoms in total. The number of nitrogens with one attached hydrogen (secondary N) is 1. The first kappa shape index (κ1) is 15.6. The number of hydrogen-bond donors (Lipinski definition) is 2. The molecule has 19 heavy (non-hydrogen) atoms. The Balaban J connectivity index is 3.20. The summed E-state index contributed by atoms with van der Waals surface area (Å²) >= 11 is 0. The molecule has 0 aromatic heterocycles. The van der Waals surface area contributed by atoms with Crippen LogP contribution in [0, 0.1) is 0 Å². The summed E-state index contributed by atoms with van der Waals surface area (Å²) < 4.78 is 16.0. The molecule has 1 unspecified atom stereocenters. The standard InChI is InChI=1S/C14H24N2O3/c1-9(2)16-11(8-15)10-6-12(17-3)14(19-5)13(7-10)18-4/h6-7,9,11,16H,8,15H2,1-5H3. The number of ether oxygens (including phenoxy) is 3. The number of benzene rings is 1. The van der Waals surface area contributed by atoms with Crippen LogP contribution in [0.5, 0.6) is 17.2 Å². The van der Waals surface area contributed by atoms with Crippen molar-refractivity contribution in [2.75, 3.05) is 27.9 Å². The van der Waals surface area contributed by atoms with Crippen LogP contribution in [0.3, 0.4) is 0 Å². The van der Waals surface area contributed by atoms with Gasteiger partial charge in [0.05, 0.1) is 21.3 Å². The molecular weight excluding hydrogens is 244 g/mol. The van der Waals surface area contributed by atoms with E-state index in [1.807, 2.05) is 12.1 Å². The third kappa shape index (κ3) is 3.75. The normalized spacial score (nSPS) is 12.4. The van der Waals surface area contributed by atoms with Crippen LogP contribution in [0.4, 0.5) is 0 Å². The zero-order valence-corrected chi connectivity index (χ0v) is 12.3. The summed E-state index contributed by atoms with van der Waals surface area (Å²) in [6.45, 7) is 4.66. The molecule has 108 valence electrons. The number of rotatable bonds is 7. The van der Waals surface area contributed by atoms with E-state index >= 15 is 0 Å². The van der Waals surface area contributed by atoms with E-state index in [-0.39, 0.29) is 6.04 Å². The Kier molecular flexibility index (Phi) is 5.92. The van der Waals surface area contributed by atoms with Gasteiger partial charge in [0.15, 0.2) is 11.5 Å². The highest BCUT2D eigenvalue weighted by Crippen LogP contribution is 2.39. The van der Waals surface area contributed by atoms with E-state index in [0.29, 0.717) is 29.8 Å². The monoisotopic (exact) mass is 268 g/mol. The van der Waals surface area contributed by atoms with Crippen molar-refractivity contribution in [2.45, 2.75) is 25.9 Å². The Morgan fingerprint density at radius 1 is 1.05 bits per heavy atom. The van der Waals surface area contributed by atoms with Gasteiger partial charge in [-0.2, -0.15) is 0 Å². The molecule has 0 aliphatic carbocycles. The van der Waals surface area contributed by atoms with E-state index in [1.54, 1.807) is 21.3 Å². The van der Waals surface area contributed by atoms with Crippen molar-refractivity contribution in [1.29, 1.82) is 0 Å². The van der Waals surface area contributed by atoms with Crippen LogP contribution in [0.25, 0.3) is 0 Å².